The number of hydrogen-bond donors (Lipinski definition) is 0. The lowest BCUT2D eigenvalue weighted by atomic mass is 9.99. The van der Waals surface area contributed by atoms with Crippen LogP contribution < -0.4 is 0 Å². The maximum Gasteiger partial charge on any atom is 0.162 e. The summed E-state index contributed by atoms with van der Waals surface area (Å²) >= 11 is 0. The summed E-state index contributed by atoms with van der Waals surface area (Å²) in [4.78, 5) is 12.1. The maximum atomic E-state index is 12.1. The number of ketones is 1. The van der Waals surface area contributed by atoms with Crippen LogP contribution in [0.3, 0.4) is 0 Å². The van der Waals surface area contributed by atoms with Gasteiger partial charge in [0.1, 0.15) is 5.92 Å². The lowest BCUT2D eigenvalue weighted by Gasteiger charge is -2.05. The lowest BCUT2D eigenvalue weighted by molar-refractivity contribution is 0.0979. The van der Waals surface area contributed by atoms with E-state index in [0.717, 1.165) is 17.5 Å². The second-order valence-corrected chi connectivity index (χ2v) is 5.42. The van der Waals surface area contributed by atoms with Crippen molar-refractivity contribution in [1.29, 1.82) is 10.5 Å². The van der Waals surface area contributed by atoms with E-state index in [4.69, 9.17) is 10.5 Å². The molecule has 23 heavy (non-hydrogen) atoms. The van der Waals surface area contributed by atoms with E-state index in [9.17, 15) is 4.79 Å². The molecule has 0 radical (unpaired) electrons. The highest BCUT2D eigenvalue weighted by atomic mass is 16.1. The lowest BCUT2D eigenvalue weighted by Crippen LogP contribution is -2.00. The molecule has 3 nitrogen and oxygen atoms in total. The van der Waals surface area contributed by atoms with E-state index in [1.807, 2.05) is 66.7 Å². The Kier molecular flexibility index (Phi) is 6.09. The van der Waals surface area contributed by atoms with E-state index in [1.54, 1.807) is 0 Å². The van der Waals surface area contributed by atoms with Crippen LogP contribution in [0.5, 0.6) is 0 Å². The largest absolute Gasteiger partial charge is 0.294 e. The molecule has 0 atom stereocenters. The molecule has 0 aliphatic heterocycles. The molecule has 0 aliphatic carbocycles. The van der Waals surface area contributed by atoms with Crippen molar-refractivity contribution in [2.75, 3.05) is 0 Å². The van der Waals surface area contributed by atoms with Gasteiger partial charge < -0.3 is 0 Å². The van der Waals surface area contributed by atoms with Gasteiger partial charge in [0.25, 0.3) is 0 Å². The van der Waals surface area contributed by atoms with Crippen LogP contribution in [0.2, 0.25) is 0 Å². The SMILES string of the molecule is N#CC(C#N)CCCCC(=O)c1ccc(-c2ccccc2)cc1. The third-order valence-corrected chi connectivity index (χ3v) is 3.77. The highest BCUT2D eigenvalue weighted by molar-refractivity contribution is 5.96. The summed E-state index contributed by atoms with van der Waals surface area (Å²) in [5.41, 5.74) is 2.93. The number of nitriles is 2. The molecular formula is C20H18N2O. The molecule has 0 N–H and O–H groups in total. The predicted molar refractivity (Wildman–Crippen MR) is 89.4 cm³/mol. The number of benzene rings is 2. The molecule has 0 heterocycles. The smallest absolute Gasteiger partial charge is 0.162 e. The average molecular weight is 302 g/mol. The van der Waals surface area contributed by atoms with E-state index >= 15 is 0 Å². The van der Waals surface area contributed by atoms with Crippen LogP contribution in [0.25, 0.3) is 11.1 Å². The van der Waals surface area contributed by atoms with E-state index in [1.165, 1.54) is 0 Å². The minimum atomic E-state index is -0.560. The van der Waals surface area contributed by atoms with Crippen LogP contribution in [0, 0.1) is 28.6 Å². The molecule has 0 bridgehead atoms. The van der Waals surface area contributed by atoms with Crippen molar-refractivity contribution in [3.8, 4) is 23.3 Å². The zero-order valence-electron chi connectivity index (χ0n) is 12.9. The summed E-state index contributed by atoms with van der Waals surface area (Å²) in [6.45, 7) is 0. The topological polar surface area (TPSA) is 64.7 Å². The quantitative estimate of drug-likeness (QED) is 0.547. The van der Waals surface area contributed by atoms with Crippen molar-refractivity contribution in [2.45, 2.75) is 25.7 Å². The Morgan fingerprint density at radius 3 is 2.09 bits per heavy atom. The van der Waals surface area contributed by atoms with Crippen LogP contribution in [-0.4, -0.2) is 5.78 Å². The normalized spacial score (nSPS) is 10.0. The monoisotopic (exact) mass is 302 g/mol. The zero-order chi connectivity index (χ0) is 16.5. The summed E-state index contributed by atoms with van der Waals surface area (Å²) in [5.74, 6) is -0.453. The molecule has 0 unspecified atom stereocenters. The van der Waals surface area contributed by atoms with E-state index < -0.39 is 5.92 Å². The molecule has 2 rings (SSSR count). The molecule has 0 aromatic heterocycles. The standard InChI is InChI=1S/C20H18N2O/c21-14-16(15-22)6-4-5-9-20(23)19-12-10-18(11-13-19)17-7-2-1-3-8-17/h1-3,7-8,10-13,16H,4-6,9H2. The van der Waals surface area contributed by atoms with E-state index in [0.29, 0.717) is 24.8 Å². The highest BCUT2D eigenvalue weighted by Gasteiger charge is 2.08. The minimum absolute atomic E-state index is 0.107. The predicted octanol–water partition coefficient (Wildman–Crippen LogP) is 4.76. The number of unbranched alkanes of at least 4 members (excludes halogenated alkanes) is 1. The molecule has 2 aromatic rings. The Hall–Kier alpha value is -2.91. The Morgan fingerprint density at radius 2 is 1.48 bits per heavy atom. The summed E-state index contributed by atoms with van der Waals surface area (Å²) in [6, 6.07) is 21.6. The van der Waals surface area contributed by atoms with Crippen LogP contribution in [0.15, 0.2) is 54.6 Å². The first-order valence-electron chi connectivity index (χ1n) is 7.72. The molecule has 2 aromatic carbocycles. The van der Waals surface area contributed by atoms with Gasteiger partial charge in [0.15, 0.2) is 5.78 Å². The van der Waals surface area contributed by atoms with Crippen LogP contribution in [-0.2, 0) is 0 Å². The second kappa shape index (κ2) is 8.51. The van der Waals surface area contributed by atoms with Gasteiger partial charge in [0, 0.05) is 12.0 Å². The third kappa shape index (κ3) is 4.80. The summed E-state index contributed by atoms with van der Waals surface area (Å²) < 4.78 is 0. The molecule has 0 amide bonds. The Labute approximate surface area is 136 Å². The van der Waals surface area contributed by atoms with Crippen molar-refractivity contribution in [1.82, 2.24) is 0 Å². The molecule has 0 aliphatic rings. The number of nitrogens with zero attached hydrogens (tertiary/aromatic N) is 2. The molecule has 3 heteroatoms. The van der Waals surface area contributed by atoms with Gasteiger partial charge in [-0.05, 0) is 24.0 Å². The second-order valence-electron chi connectivity index (χ2n) is 5.42. The molecule has 0 saturated carbocycles. The maximum absolute atomic E-state index is 12.1. The van der Waals surface area contributed by atoms with Gasteiger partial charge in [-0.1, -0.05) is 61.0 Å². The van der Waals surface area contributed by atoms with Gasteiger partial charge >= 0.3 is 0 Å². The first-order chi connectivity index (χ1) is 11.2. The summed E-state index contributed by atoms with van der Waals surface area (Å²) in [6.07, 6.45) is 2.42. The van der Waals surface area contributed by atoms with Crippen molar-refractivity contribution in [3.63, 3.8) is 0 Å². The van der Waals surface area contributed by atoms with Gasteiger partial charge in [-0.25, -0.2) is 0 Å². The van der Waals surface area contributed by atoms with Gasteiger partial charge in [0.05, 0.1) is 12.1 Å². The molecule has 0 fully saturated rings. The van der Waals surface area contributed by atoms with Gasteiger partial charge in [-0.15, -0.1) is 0 Å². The first-order valence-corrected chi connectivity index (χ1v) is 7.72. The van der Waals surface area contributed by atoms with Crippen molar-refractivity contribution < 1.29 is 4.79 Å². The van der Waals surface area contributed by atoms with Gasteiger partial charge in [-0.3, -0.25) is 4.79 Å². The fraction of sp³-hybridized carbons (Fsp3) is 0.250. The average Bonchev–Trinajstić information content (AvgIpc) is 2.62. The summed E-state index contributed by atoms with van der Waals surface area (Å²) in [5, 5.41) is 17.4. The van der Waals surface area contributed by atoms with Crippen LogP contribution >= 0.6 is 0 Å². The van der Waals surface area contributed by atoms with Gasteiger partial charge in [-0.2, -0.15) is 10.5 Å². The highest BCUT2D eigenvalue weighted by Crippen LogP contribution is 2.20. The fourth-order valence-corrected chi connectivity index (χ4v) is 2.42. The first kappa shape index (κ1) is 16.5. The van der Waals surface area contributed by atoms with Crippen molar-refractivity contribution in [3.05, 3.63) is 60.2 Å². The third-order valence-electron chi connectivity index (χ3n) is 3.77. The number of rotatable bonds is 7. The number of hydrogen-bond acceptors (Lipinski definition) is 3. The van der Waals surface area contributed by atoms with Crippen molar-refractivity contribution in [2.24, 2.45) is 5.92 Å². The summed E-state index contributed by atoms with van der Waals surface area (Å²) in [7, 11) is 0. The van der Waals surface area contributed by atoms with E-state index in [-0.39, 0.29) is 5.78 Å². The fourth-order valence-electron chi connectivity index (χ4n) is 2.42. The Bertz CT molecular complexity index is 707. The number of Topliss-reactive ketones (excluding diaryl/α,β-unsaturated/α-hetero) is 1. The number of carbonyl (C=O) groups excluding carboxylic acids is 1. The van der Waals surface area contributed by atoms with Gasteiger partial charge in [0.2, 0.25) is 0 Å². The molecule has 0 saturated heterocycles. The van der Waals surface area contributed by atoms with E-state index in [2.05, 4.69) is 0 Å². The Morgan fingerprint density at radius 1 is 0.870 bits per heavy atom. The molecule has 0 spiro atoms. The van der Waals surface area contributed by atoms with Crippen LogP contribution in [0.4, 0.5) is 0 Å². The zero-order valence-corrected chi connectivity index (χ0v) is 12.9. The number of carbonyl (C=O) groups is 1. The Balaban J connectivity index is 1.86. The van der Waals surface area contributed by atoms with Crippen molar-refractivity contribution >= 4 is 5.78 Å². The van der Waals surface area contributed by atoms with Crippen LogP contribution in [0.1, 0.15) is 36.0 Å². The minimum Gasteiger partial charge on any atom is -0.294 e. The molecular weight excluding hydrogens is 284 g/mol. The molecule has 114 valence electrons.